The summed E-state index contributed by atoms with van der Waals surface area (Å²) in [5.41, 5.74) is 3.42. The van der Waals surface area contributed by atoms with Crippen LogP contribution in [0.4, 0.5) is 5.69 Å². The minimum atomic E-state index is 0.0360. The van der Waals surface area contributed by atoms with Gasteiger partial charge in [0.25, 0.3) is 0 Å². The van der Waals surface area contributed by atoms with E-state index in [2.05, 4.69) is 38.0 Å². The van der Waals surface area contributed by atoms with Crippen LogP contribution in [0.1, 0.15) is 5.56 Å². The van der Waals surface area contributed by atoms with E-state index >= 15 is 0 Å². The second-order valence-electron chi connectivity index (χ2n) is 6.52. The molecular weight excluding hydrogens is 314 g/mol. The van der Waals surface area contributed by atoms with Crippen LogP contribution in [0.25, 0.3) is 10.9 Å². The lowest BCUT2D eigenvalue weighted by Gasteiger charge is -2.36. The maximum Gasteiger partial charge on any atom is 0.250 e. The molecule has 6 nitrogen and oxygen atoms in total. The number of anilines is 1. The van der Waals surface area contributed by atoms with Gasteiger partial charge in [-0.05, 0) is 23.8 Å². The second-order valence-corrected chi connectivity index (χ2v) is 6.52. The van der Waals surface area contributed by atoms with Crippen molar-refractivity contribution >= 4 is 16.6 Å². The van der Waals surface area contributed by atoms with Gasteiger partial charge in [0, 0.05) is 69.3 Å². The zero-order chi connectivity index (χ0) is 17.2. The number of hydrogen-bond donors (Lipinski definition) is 0. The van der Waals surface area contributed by atoms with Crippen LogP contribution in [0.3, 0.4) is 0 Å². The van der Waals surface area contributed by atoms with Crippen molar-refractivity contribution in [3.63, 3.8) is 0 Å². The molecule has 2 aromatic heterocycles. The lowest BCUT2D eigenvalue weighted by molar-refractivity contribution is 0.249. The average Bonchev–Trinajstić information content (AvgIpc) is 2.65. The second kappa shape index (κ2) is 6.64. The SMILES string of the molecule is Cn1cc(CN2CCN(c3ccc4ncncc4c3)CC2)ccc1=O. The number of aromatic nitrogens is 3. The van der Waals surface area contributed by atoms with Gasteiger partial charge < -0.3 is 9.47 Å². The first kappa shape index (κ1) is 15.8. The Morgan fingerprint density at radius 3 is 2.72 bits per heavy atom. The zero-order valence-electron chi connectivity index (χ0n) is 14.3. The monoisotopic (exact) mass is 335 g/mol. The summed E-state index contributed by atoms with van der Waals surface area (Å²) in [5, 5.41) is 1.08. The Hall–Kier alpha value is -2.73. The number of pyridine rings is 1. The number of rotatable bonds is 3. The molecule has 25 heavy (non-hydrogen) atoms. The van der Waals surface area contributed by atoms with Crippen molar-refractivity contribution < 1.29 is 0 Å². The molecule has 1 aliphatic heterocycles. The zero-order valence-corrected chi connectivity index (χ0v) is 14.3. The fraction of sp³-hybridized carbons (Fsp3) is 0.316. The smallest absolute Gasteiger partial charge is 0.250 e. The van der Waals surface area contributed by atoms with E-state index in [1.54, 1.807) is 24.0 Å². The fourth-order valence-corrected chi connectivity index (χ4v) is 3.34. The molecule has 1 aromatic carbocycles. The Labute approximate surface area is 146 Å². The molecule has 1 aliphatic rings. The highest BCUT2D eigenvalue weighted by molar-refractivity contribution is 5.81. The van der Waals surface area contributed by atoms with Gasteiger partial charge >= 0.3 is 0 Å². The first-order chi connectivity index (χ1) is 12.2. The predicted octanol–water partition coefficient (Wildman–Crippen LogP) is 1.65. The molecule has 1 fully saturated rings. The molecular formula is C19H21N5O. The molecule has 3 aromatic rings. The Kier molecular flexibility index (Phi) is 4.19. The fourth-order valence-electron chi connectivity index (χ4n) is 3.34. The number of benzene rings is 1. The molecule has 0 atom stereocenters. The molecule has 0 spiro atoms. The third-order valence-corrected chi connectivity index (χ3v) is 4.78. The molecule has 128 valence electrons. The predicted molar refractivity (Wildman–Crippen MR) is 98.7 cm³/mol. The van der Waals surface area contributed by atoms with Gasteiger partial charge in [0.2, 0.25) is 5.56 Å². The minimum Gasteiger partial charge on any atom is -0.369 e. The van der Waals surface area contributed by atoms with Crippen LogP contribution in [-0.4, -0.2) is 45.6 Å². The Bertz CT molecular complexity index is 944. The Morgan fingerprint density at radius 1 is 1.08 bits per heavy atom. The van der Waals surface area contributed by atoms with Gasteiger partial charge in [-0.1, -0.05) is 6.07 Å². The van der Waals surface area contributed by atoms with Gasteiger partial charge in [-0.15, -0.1) is 0 Å². The summed E-state index contributed by atoms with van der Waals surface area (Å²) in [6.07, 6.45) is 5.37. The van der Waals surface area contributed by atoms with Crippen LogP contribution < -0.4 is 10.5 Å². The van der Waals surface area contributed by atoms with Crippen molar-refractivity contribution in [3.05, 3.63) is 65.0 Å². The number of piperazine rings is 1. The van der Waals surface area contributed by atoms with Gasteiger partial charge in [0.15, 0.2) is 0 Å². The number of aryl methyl sites for hydroxylation is 1. The van der Waals surface area contributed by atoms with E-state index in [0.29, 0.717) is 0 Å². The number of hydrogen-bond acceptors (Lipinski definition) is 5. The molecule has 1 saturated heterocycles. The third kappa shape index (κ3) is 3.39. The number of nitrogens with zero attached hydrogens (tertiary/aromatic N) is 5. The highest BCUT2D eigenvalue weighted by atomic mass is 16.1. The topological polar surface area (TPSA) is 54.3 Å². The van der Waals surface area contributed by atoms with E-state index in [1.165, 1.54) is 11.3 Å². The van der Waals surface area contributed by atoms with Crippen molar-refractivity contribution in [2.45, 2.75) is 6.54 Å². The van der Waals surface area contributed by atoms with Crippen molar-refractivity contribution in [1.82, 2.24) is 19.4 Å². The van der Waals surface area contributed by atoms with Crippen molar-refractivity contribution in [3.8, 4) is 0 Å². The average molecular weight is 335 g/mol. The van der Waals surface area contributed by atoms with Gasteiger partial charge in [-0.3, -0.25) is 9.69 Å². The van der Waals surface area contributed by atoms with E-state index in [0.717, 1.165) is 43.6 Å². The standard InChI is InChI=1S/C19H21N5O/c1-22-12-15(2-5-19(22)25)13-23-6-8-24(9-7-23)17-3-4-18-16(10-17)11-20-14-21-18/h2-5,10-12,14H,6-9,13H2,1H3. The summed E-state index contributed by atoms with van der Waals surface area (Å²) in [5.74, 6) is 0. The van der Waals surface area contributed by atoms with Crippen LogP contribution >= 0.6 is 0 Å². The Morgan fingerprint density at radius 2 is 1.92 bits per heavy atom. The first-order valence-electron chi connectivity index (χ1n) is 8.52. The molecule has 0 unspecified atom stereocenters. The van der Waals surface area contributed by atoms with Crippen LogP contribution in [0.2, 0.25) is 0 Å². The van der Waals surface area contributed by atoms with Crippen LogP contribution in [-0.2, 0) is 13.6 Å². The highest BCUT2D eigenvalue weighted by Gasteiger charge is 2.17. The lowest BCUT2D eigenvalue weighted by atomic mass is 10.2. The van der Waals surface area contributed by atoms with Crippen LogP contribution in [0.15, 0.2) is 53.8 Å². The number of fused-ring (bicyclic) bond motifs is 1. The molecule has 0 radical (unpaired) electrons. The summed E-state index contributed by atoms with van der Waals surface area (Å²) in [4.78, 5) is 24.7. The minimum absolute atomic E-state index is 0.0360. The van der Waals surface area contributed by atoms with Crippen molar-refractivity contribution in [2.75, 3.05) is 31.1 Å². The van der Waals surface area contributed by atoms with Gasteiger partial charge in [0.1, 0.15) is 6.33 Å². The summed E-state index contributed by atoms with van der Waals surface area (Å²) >= 11 is 0. The van der Waals surface area contributed by atoms with E-state index in [4.69, 9.17) is 0 Å². The van der Waals surface area contributed by atoms with Crippen LogP contribution in [0.5, 0.6) is 0 Å². The summed E-state index contributed by atoms with van der Waals surface area (Å²) in [7, 11) is 1.80. The summed E-state index contributed by atoms with van der Waals surface area (Å²) < 4.78 is 1.64. The Balaban J connectivity index is 1.41. The highest BCUT2D eigenvalue weighted by Crippen LogP contribution is 2.21. The normalized spacial score (nSPS) is 15.6. The maximum absolute atomic E-state index is 11.5. The van der Waals surface area contributed by atoms with E-state index in [1.807, 2.05) is 18.5 Å². The molecule has 0 aliphatic carbocycles. The van der Waals surface area contributed by atoms with E-state index < -0.39 is 0 Å². The molecule has 3 heterocycles. The van der Waals surface area contributed by atoms with E-state index in [-0.39, 0.29) is 5.56 Å². The largest absolute Gasteiger partial charge is 0.369 e. The van der Waals surface area contributed by atoms with Gasteiger partial charge in [0.05, 0.1) is 5.52 Å². The molecule has 4 rings (SSSR count). The lowest BCUT2D eigenvalue weighted by Crippen LogP contribution is -2.46. The molecule has 0 bridgehead atoms. The van der Waals surface area contributed by atoms with E-state index in [9.17, 15) is 4.79 Å². The van der Waals surface area contributed by atoms with Gasteiger partial charge in [-0.2, -0.15) is 0 Å². The molecule has 0 N–H and O–H groups in total. The molecule has 6 heteroatoms. The van der Waals surface area contributed by atoms with Crippen molar-refractivity contribution in [1.29, 1.82) is 0 Å². The summed E-state index contributed by atoms with van der Waals surface area (Å²) in [6.45, 7) is 4.88. The summed E-state index contributed by atoms with van der Waals surface area (Å²) in [6, 6.07) is 9.93. The van der Waals surface area contributed by atoms with Crippen molar-refractivity contribution in [2.24, 2.45) is 7.05 Å². The van der Waals surface area contributed by atoms with Gasteiger partial charge in [-0.25, -0.2) is 9.97 Å². The first-order valence-corrected chi connectivity index (χ1v) is 8.52. The maximum atomic E-state index is 11.5. The molecule has 0 amide bonds. The third-order valence-electron chi connectivity index (χ3n) is 4.78. The van der Waals surface area contributed by atoms with Crippen LogP contribution in [0, 0.1) is 0 Å². The quantitative estimate of drug-likeness (QED) is 0.728. The molecule has 0 saturated carbocycles.